The number of halogens is 1. The van der Waals surface area contributed by atoms with E-state index in [1.54, 1.807) is 0 Å². The number of rotatable bonds is 1. The Bertz CT molecular complexity index is 492. The van der Waals surface area contributed by atoms with Crippen LogP contribution < -0.4 is 11.1 Å². The third-order valence-corrected chi connectivity index (χ3v) is 3.29. The molecule has 2 rings (SSSR count). The largest absolute Gasteiger partial charge is 0.384 e. The van der Waals surface area contributed by atoms with Crippen LogP contribution in [0.3, 0.4) is 0 Å². The lowest BCUT2D eigenvalue weighted by Crippen LogP contribution is -2.37. The lowest BCUT2D eigenvalue weighted by Gasteiger charge is -2.19. The smallest absolute Gasteiger partial charge is 0.255 e. The summed E-state index contributed by atoms with van der Waals surface area (Å²) in [5, 5.41) is 2.73. The molecule has 6 nitrogen and oxygen atoms in total. The van der Waals surface area contributed by atoms with Crippen LogP contribution in [0.25, 0.3) is 0 Å². The highest BCUT2D eigenvalue weighted by Gasteiger charge is 2.22. The summed E-state index contributed by atoms with van der Waals surface area (Å²) >= 11 is 3.27. The summed E-state index contributed by atoms with van der Waals surface area (Å²) in [6.07, 6.45) is 2.23. The SMILES string of the molecule is Nc1cc(C(=O)N2CCCNC(=O)C2)c(Br)cn1. The highest BCUT2D eigenvalue weighted by atomic mass is 79.9. The highest BCUT2D eigenvalue weighted by Crippen LogP contribution is 2.19. The molecular weight excluding hydrogens is 300 g/mol. The molecule has 0 saturated carbocycles. The second kappa shape index (κ2) is 5.34. The third-order valence-electron chi connectivity index (χ3n) is 2.66. The summed E-state index contributed by atoms with van der Waals surface area (Å²) in [4.78, 5) is 29.1. The van der Waals surface area contributed by atoms with E-state index in [1.807, 2.05) is 0 Å². The summed E-state index contributed by atoms with van der Waals surface area (Å²) < 4.78 is 0.575. The summed E-state index contributed by atoms with van der Waals surface area (Å²) in [5.74, 6) is -0.0761. The van der Waals surface area contributed by atoms with Crippen LogP contribution in [-0.4, -0.2) is 41.3 Å². The molecule has 0 bridgehead atoms. The van der Waals surface area contributed by atoms with Gasteiger partial charge < -0.3 is 16.0 Å². The van der Waals surface area contributed by atoms with Gasteiger partial charge >= 0.3 is 0 Å². The normalized spacial score (nSPS) is 16.1. The molecule has 18 heavy (non-hydrogen) atoms. The van der Waals surface area contributed by atoms with Gasteiger partial charge in [0.15, 0.2) is 0 Å². The molecule has 2 heterocycles. The molecule has 1 aliphatic heterocycles. The number of nitrogens with zero attached hydrogens (tertiary/aromatic N) is 2. The zero-order valence-corrected chi connectivity index (χ0v) is 11.2. The molecule has 0 aromatic carbocycles. The summed E-state index contributed by atoms with van der Waals surface area (Å²) in [6.45, 7) is 1.22. The first kappa shape index (κ1) is 12.8. The average molecular weight is 313 g/mol. The Morgan fingerprint density at radius 1 is 1.56 bits per heavy atom. The Labute approximate surface area is 113 Å². The third kappa shape index (κ3) is 2.79. The monoisotopic (exact) mass is 312 g/mol. The maximum Gasteiger partial charge on any atom is 0.255 e. The van der Waals surface area contributed by atoms with Crippen LogP contribution in [0.2, 0.25) is 0 Å². The zero-order chi connectivity index (χ0) is 13.1. The molecule has 7 heteroatoms. The van der Waals surface area contributed by atoms with E-state index in [-0.39, 0.29) is 24.2 Å². The van der Waals surface area contributed by atoms with Crippen molar-refractivity contribution in [3.8, 4) is 0 Å². The van der Waals surface area contributed by atoms with E-state index in [9.17, 15) is 9.59 Å². The number of hydrogen-bond acceptors (Lipinski definition) is 4. The first-order chi connectivity index (χ1) is 8.58. The van der Waals surface area contributed by atoms with Crippen molar-refractivity contribution in [2.45, 2.75) is 6.42 Å². The topological polar surface area (TPSA) is 88.3 Å². The van der Waals surface area contributed by atoms with E-state index in [0.29, 0.717) is 23.1 Å². The lowest BCUT2D eigenvalue weighted by molar-refractivity contribution is -0.121. The minimum absolute atomic E-state index is 0.0769. The zero-order valence-electron chi connectivity index (χ0n) is 9.65. The molecule has 1 aliphatic rings. The number of nitrogens with two attached hydrogens (primary N) is 1. The number of pyridine rings is 1. The van der Waals surface area contributed by atoms with Gasteiger partial charge in [0.25, 0.3) is 5.91 Å². The number of nitrogen functional groups attached to an aromatic ring is 1. The molecule has 0 radical (unpaired) electrons. The Balaban J connectivity index is 2.24. The Hall–Kier alpha value is -1.63. The lowest BCUT2D eigenvalue weighted by atomic mass is 10.2. The van der Waals surface area contributed by atoms with Crippen molar-refractivity contribution in [2.24, 2.45) is 0 Å². The van der Waals surface area contributed by atoms with Gasteiger partial charge in [0.1, 0.15) is 5.82 Å². The fourth-order valence-electron chi connectivity index (χ4n) is 1.77. The van der Waals surface area contributed by atoms with E-state index >= 15 is 0 Å². The van der Waals surface area contributed by atoms with Crippen molar-refractivity contribution in [1.29, 1.82) is 0 Å². The second-order valence-electron chi connectivity index (χ2n) is 4.02. The maximum absolute atomic E-state index is 12.3. The van der Waals surface area contributed by atoms with Crippen molar-refractivity contribution < 1.29 is 9.59 Å². The van der Waals surface area contributed by atoms with Gasteiger partial charge in [-0.2, -0.15) is 0 Å². The van der Waals surface area contributed by atoms with E-state index < -0.39 is 0 Å². The van der Waals surface area contributed by atoms with Crippen LogP contribution in [0.15, 0.2) is 16.7 Å². The number of hydrogen-bond donors (Lipinski definition) is 2. The first-order valence-electron chi connectivity index (χ1n) is 5.55. The maximum atomic E-state index is 12.3. The van der Waals surface area contributed by atoms with Gasteiger partial charge in [0, 0.05) is 23.8 Å². The van der Waals surface area contributed by atoms with Crippen LogP contribution in [0.4, 0.5) is 5.82 Å². The Morgan fingerprint density at radius 2 is 2.33 bits per heavy atom. The van der Waals surface area contributed by atoms with Gasteiger partial charge in [-0.1, -0.05) is 0 Å². The van der Waals surface area contributed by atoms with E-state index in [2.05, 4.69) is 26.2 Å². The highest BCUT2D eigenvalue weighted by molar-refractivity contribution is 9.10. The van der Waals surface area contributed by atoms with Crippen LogP contribution in [-0.2, 0) is 4.79 Å². The molecular formula is C11H13BrN4O2. The fourth-order valence-corrected chi connectivity index (χ4v) is 2.15. The van der Waals surface area contributed by atoms with Crippen LogP contribution in [0.5, 0.6) is 0 Å². The number of anilines is 1. The molecule has 1 fully saturated rings. The van der Waals surface area contributed by atoms with Gasteiger partial charge in [-0.15, -0.1) is 0 Å². The molecule has 2 amide bonds. The molecule has 1 saturated heterocycles. The number of carbonyl (C=O) groups excluding carboxylic acids is 2. The molecule has 0 unspecified atom stereocenters. The van der Waals surface area contributed by atoms with Crippen molar-refractivity contribution in [1.82, 2.24) is 15.2 Å². The summed E-state index contributed by atoms with van der Waals surface area (Å²) in [7, 11) is 0. The molecule has 0 spiro atoms. The summed E-state index contributed by atoms with van der Waals surface area (Å²) in [5.41, 5.74) is 6.00. The molecule has 3 N–H and O–H groups in total. The summed E-state index contributed by atoms with van der Waals surface area (Å²) in [6, 6.07) is 1.51. The van der Waals surface area contributed by atoms with Gasteiger partial charge in [0.05, 0.1) is 12.1 Å². The van der Waals surface area contributed by atoms with Crippen molar-refractivity contribution in [3.63, 3.8) is 0 Å². The van der Waals surface area contributed by atoms with Gasteiger partial charge in [-0.05, 0) is 28.4 Å². The second-order valence-corrected chi connectivity index (χ2v) is 4.87. The van der Waals surface area contributed by atoms with Crippen LogP contribution >= 0.6 is 15.9 Å². The van der Waals surface area contributed by atoms with Crippen molar-refractivity contribution in [2.75, 3.05) is 25.4 Å². The molecule has 96 valence electrons. The minimum Gasteiger partial charge on any atom is -0.384 e. The minimum atomic E-state index is -0.215. The fraction of sp³-hybridized carbons (Fsp3) is 0.364. The van der Waals surface area contributed by atoms with Crippen molar-refractivity contribution >= 4 is 33.6 Å². The number of carbonyl (C=O) groups is 2. The Morgan fingerprint density at radius 3 is 3.11 bits per heavy atom. The van der Waals surface area contributed by atoms with E-state index in [0.717, 1.165) is 6.42 Å². The van der Waals surface area contributed by atoms with E-state index in [1.165, 1.54) is 17.2 Å². The predicted octanol–water partition coefficient (Wildman–Crippen LogP) is 0.388. The number of aromatic nitrogens is 1. The van der Waals surface area contributed by atoms with Gasteiger partial charge in [-0.3, -0.25) is 9.59 Å². The van der Waals surface area contributed by atoms with Crippen molar-refractivity contribution in [3.05, 3.63) is 22.3 Å². The van der Waals surface area contributed by atoms with E-state index in [4.69, 9.17) is 5.73 Å². The molecule has 0 atom stereocenters. The standard InChI is InChI=1S/C11H13BrN4O2/c12-8-5-15-9(13)4-7(8)11(18)16-3-1-2-14-10(17)6-16/h4-5H,1-3,6H2,(H2,13,15)(H,14,17). The van der Waals surface area contributed by atoms with Crippen LogP contribution in [0, 0.1) is 0 Å². The first-order valence-corrected chi connectivity index (χ1v) is 6.34. The predicted molar refractivity (Wildman–Crippen MR) is 69.9 cm³/mol. The van der Waals surface area contributed by atoms with Gasteiger partial charge in [0.2, 0.25) is 5.91 Å². The number of nitrogens with one attached hydrogen (secondary N) is 1. The number of amides is 2. The quantitative estimate of drug-likeness (QED) is 0.785. The molecule has 1 aromatic heterocycles. The average Bonchev–Trinajstić information content (AvgIpc) is 2.56. The van der Waals surface area contributed by atoms with Crippen LogP contribution in [0.1, 0.15) is 16.8 Å². The molecule has 0 aliphatic carbocycles. The Kier molecular flexibility index (Phi) is 3.81. The molecule has 1 aromatic rings. The van der Waals surface area contributed by atoms with Gasteiger partial charge in [-0.25, -0.2) is 4.98 Å².